The van der Waals surface area contributed by atoms with Crippen LogP contribution in [0.2, 0.25) is 0 Å². The van der Waals surface area contributed by atoms with Gasteiger partial charge in [0.05, 0.1) is 25.9 Å². The smallest absolute Gasteiger partial charge is 0.161 e. The summed E-state index contributed by atoms with van der Waals surface area (Å²) in [4.78, 5) is 0. The highest BCUT2D eigenvalue weighted by atomic mass is 16.5. The van der Waals surface area contributed by atoms with E-state index in [1.807, 2.05) is 19.1 Å². The van der Waals surface area contributed by atoms with Gasteiger partial charge in [-0.15, -0.1) is 0 Å². The molecule has 1 fully saturated rings. The maximum Gasteiger partial charge on any atom is 0.161 e. The van der Waals surface area contributed by atoms with Gasteiger partial charge in [0.2, 0.25) is 0 Å². The van der Waals surface area contributed by atoms with Crippen LogP contribution in [0, 0.1) is 6.92 Å². The van der Waals surface area contributed by atoms with Crippen LogP contribution in [0.25, 0.3) is 0 Å². The molecule has 0 amide bonds. The van der Waals surface area contributed by atoms with Gasteiger partial charge in [-0.25, -0.2) is 0 Å². The van der Waals surface area contributed by atoms with Crippen LogP contribution in [0.1, 0.15) is 36.9 Å². The molecule has 1 aliphatic rings. The molecule has 1 heterocycles. The van der Waals surface area contributed by atoms with Gasteiger partial charge in [0.15, 0.2) is 11.5 Å². The molecule has 106 valence electrons. The number of aryl methyl sites for hydroxylation is 1. The lowest BCUT2D eigenvalue weighted by atomic mass is 9.86. The SMILES string of the molecule is COc1cc(C)c(C(N)C2(C)CCCO2)cc1OC. The van der Waals surface area contributed by atoms with Crippen molar-refractivity contribution in [1.82, 2.24) is 0 Å². The van der Waals surface area contributed by atoms with E-state index in [-0.39, 0.29) is 11.6 Å². The molecule has 0 spiro atoms. The molecule has 4 heteroatoms. The average molecular weight is 265 g/mol. The van der Waals surface area contributed by atoms with Crippen molar-refractivity contribution in [2.75, 3.05) is 20.8 Å². The molecule has 1 aromatic rings. The molecule has 2 unspecified atom stereocenters. The summed E-state index contributed by atoms with van der Waals surface area (Å²) in [7, 11) is 3.27. The Labute approximate surface area is 114 Å². The van der Waals surface area contributed by atoms with E-state index in [1.165, 1.54) is 0 Å². The minimum Gasteiger partial charge on any atom is -0.493 e. The molecular weight excluding hydrogens is 242 g/mol. The molecule has 2 rings (SSSR count). The van der Waals surface area contributed by atoms with Gasteiger partial charge < -0.3 is 19.9 Å². The van der Waals surface area contributed by atoms with E-state index in [4.69, 9.17) is 19.9 Å². The maximum absolute atomic E-state index is 6.43. The van der Waals surface area contributed by atoms with Gasteiger partial charge >= 0.3 is 0 Å². The van der Waals surface area contributed by atoms with E-state index in [0.717, 1.165) is 36.3 Å². The van der Waals surface area contributed by atoms with Gasteiger partial charge in [0.25, 0.3) is 0 Å². The summed E-state index contributed by atoms with van der Waals surface area (Å²) < 4.78 is 16.5. The van der Waals surface area contributed by atoms with Crippen molar-refractivity contribution in [3.63, 3.8) is 0 Å². The molecule has 4 nitrogen and oxygen atoms in total. The zero-order valence-electron chi connectivity index (χ0n) is 12.2. The van der Waals surface area contributed by atoms with Crippen LogP contribution in [-0.4, -0.2) is 26.4 Å². The highest BCUT2D eigenvalue weighted by Crippen LogP contribution is 2.40. The molecule has 2 atom stereocenters. The molecule has 2 N–H and O–H groups in total. The monoisotopic (exact) mass is 265 g/mol. The molecule has 1 aromatic carbocycles. The normalized spacial score (nSPS) is 24.3. The molecule has 1 saturated heterocycles. The Kier molecular flexibility index (Phi) is 4.02. The van der Waals surface area contributed by atoms with Gasteiger partial charge in [0, 0.05) is 6.61 Å². The Bertz CT molecular complexity index is 453. The molecule has 0 radical (unpaired) electrons. The minimum absolute atomic E-state index is 0.158. The van der Waals surface area contributed by atoms with Gasteiger partial charge in [-0.3, -0.25) is 0 Å². The molecule has 19 heavy (non-hydrogen) atoms. The van der Waals surface area contributed by atoms with Crippen molar-refractivity contribution >= 4 is 0 Å². The lowest BCUT2D eigenvalue weighted by Gasteiger charge is -2.32. The molecule has 0 bridgehead atoms. The molecule has 1 aliphatic heterocycles. The summed E-state index contributed by atoms with van der Waals surface area (Å²) in [5, 5.41) is 0. The Hall–Kier alpha value is -1.26. The number of hydrogen-bond donors (Lipinski definition) is 1. The van der Waals surface area contributed by atoms with Crippen molar-refractivity contribution < 1.29 is 14.2 Å². The van der Waals surface area contributed by atoms with Crippen LogP contribution in [0.3, 0.4) is 0 Å². The number of ether oxygens (including phenoxy) is 3. The molecule has 0 saturated carbocycles. The lowest BCUT2D eigenvalue weighted by Crippen LogP contribution is -2.38. The van der Waals surface area contributed by atoms with Crippen LogP contribution < -0.4 is 15.2 Å². The van der Waals surface area contributed by atoms with E-state index < -0.39 is 0 Å². The lowest BCUT2D eigenvalue weighted by molar-refractivity contribution is -0.00193. The van der Waals surface area contributed by atoms with E-state index in [1.54, 1.807) is 14.2 Å². The molecule has 0 aromatic heterocycles. The Morgan fingerprint density at radius 2 is 1.89 bits per heavy atom. The van der Waals surface area contributed by atoms with Crippen molar-refractivity contribution in [3.8, 4) is 11.5 Å². The summed E-state index contributed by atoms with van der Waals surface area (Å²) in [6.45, 7) is 4.91. The second kappa shape index (κ2) is 5.39. The van der Waals surface area contributed by atoms with Crippen LogP contribution in [0.5, 0.6) is 11.5 Å². The summed E-state index contributed by atoms with van der Waals surface area (Å²) in [5.74, 6) is 1.44. The largest absolute Gasteiger partial charge is 0.493 e. The standard InChI is InChI=1S/C15H23NO3/c1-10-8-12(17-3)13(18-4)9-11(10)14(16)15(2)6-5-7-19-15/h8-9,14H,5-7,16H2,1-4H3. The summed E-state index contributed by atoms with van der Waals surface area (Å²) in [5.41, 5.74) is 8.30. The predicted molar refractivity (Wildman–Crippen MR) is 74.8 cm³/mol. The topological polar surface area (TPSA) is 53.7 Å². The molecular formula is C15H23NO3. The summed E-state index contributed by atoms with van der Waals surface area (Å²) >= 11 is 0. The Morgan fingerprint density at radius 1 is 1.26 bits per heavy atom. The fraction of sp³-hybridized carbons (Fsp3) is 0.600. The van der Waals surface area contributed by atoms with Gasteiger partial charge in [-0.05, 0) is 49.9 Å². The third kappa shape index (κ3) is 2.55. The fourth-order valence-corrected chi connectivity index (χ4v) is 2.71. The van der Waals surface area contributed by atoms with E-state index >= 15 is 0 Å². The number of nitrogens with two attached hydrogens (primary N) is 1. The first kappa shape index (κ1) is 14.2. The number of rotatable bonds is 4. The number of hydrogen-bond acceptors (Lipinski definition) is 4. The van der Waals surface area contributed by atoms with Crippen molar-refractivity contribution in [2.45, 2.75) is 38.3 Å². The van der Waals surface area contributed by atoms with E-state index in [0.29, 0.717) is 5.75 Å². The Morgan fingerprint density at radius 3 is 2.42 bits per heavy atom. The zero-order chi connectivity index (χ0) is 14.0. The predicted octanol–water partition coefficient (Wildman–Crippen LogP) is 2.58. The maximum atomic E-state index is 6.43. The first-order chi connectivity index (χ1) is 9.01. The summed E-state index contributed by atoms with van der Waals surface area (Å²) in [6, 6.07) is 3.77. The quantitative estimate of drug-likeness (QED) is 0.909. The van der Waals surface area contributed by atoms with Crippen LogP contribution >= 0.6 is 0 Å². The third-order valence-corrected chi connectivity index (χ3v) is 4.01. The highest BCUT2D eigenvalue weighted by Gasteiger charge is 2.38. The fourth-order valence-electron chi connectivity index (χ4n) is 2.71. The highest BCUT2D eigenvalue weighted by molar-refractivity contribution is 5.48. The molecule has 0 aliphatic carbocycles. The average Bonchev–Trinajstić information content (AvgIpc) is 2.85. The van der Waals surface area contributed by atoms with Crippen LogP contribution in [-0.2, 0) is 4.74 Å². The summed E-state index contributed by atoms with van der Waals surface area (Å²) in [6.07, 6.45) is 2.05. The van der Waals surface area contributed by atoms with Crippen molar-refractivity contribution in [1.29, 1.82) is 0 Å². The first-order valence-corrected chi connectivity index (χ1v) is 6.64. The second-order valence-corrected chi connectivity index (χ2v) is 5.31. The zero-order valence-corrected chi connectivity index (χ0v) is 12.2. The van der Waals surface area contributed by atoms with Crippen molar-refractivity contribution in [2.24, 2.45) is 5.73 Å². The second-order valence-electron chi connectivity index (χ2n) is 5.31. The van der Waals surface area contributed by atoms with Gasteiger partial charge in [0.1, 0.15) is 0 Å². The number of methoxy groups -OCH3 is 2. The van der Waals surface area contributed by atoms with E-state index in [9.17, 15) is 0 Å². The van der Waals surface area contributed by atoms with Crippen LogP contribution in [0.4, 0.5) is 0 Å². The van der Waals surface area contributed by atoms with Gasteiger partial charge in [-0.2, -0.15) is 0 Å². The Balaban J connectivity index is 2.38. The van der Waals surface area contributed by atoms with E-state index in [2.05, 4.69) is 6.92 Å². The van der Waals surface area contributed by atoms with Crippen LogP contribution in [0.15, 0.2) is 12.1 Å². The van der Waals surface area contributed by atoms with Crippen molar-refractivity contribution in [3.05, 3.63) is 23.3 Å². The number of benzene rings is 1. The minimum atomic E-state index is -0.287. The first-order valence-electron chi connectivity index (χ1n) is 6.64. The van der Waals surface area contributed by atoms with Gasteiger partial charge in [-0.1, -0.05) is 0 Å². The third-order valence-electron chi connectivity index (χ3n) is 4.01.